The molecule has 2 aromatic carbocycles. The number of hydrazine groups is 1. The average molecular weight is 335 g/mol. The van der Waals surface area contributed by atoms with Gasteiger partial charge >= 0.3 is 0 Å². The second-order valence-electron chi connectivity index (χ2n) is 4.76. The number of hydrogen-bond acceptors (Lipinski definition) is 3. The smallest absolute Gasteiger partial charge is 0.257 e. The third kappa shape index (κ3) is 4.03. The normalized spacial score (nSPS) is 11.0. The van der Waals surface area contributed by atoms with Crippen LogP contribution in [0.15, 0.2) is 53.4 Å². The van der Waals surface area contributed by atoms with E-state index in [2.05, 4.69) is 15.6 Å². The van der Waals surface area contributed by atoms with Gasteiger partial charge in [-0.05, 0) is 49.3 Å². The first-order valence-corrected chi connectivity index (χ1v) is 8.49. The van der Waals surface area contributed by atoms with E-state index in [0.29, 0.717) is 0 Å². The Hall–Kier alpha value is -1.96. The molecule has 0 amide bonds. The number of thiocarbonyl (C=S) groups is 1. The van der Waals surface area contributed by atoms with Crippen molar-refractivity contribution in [2.45, 2.75) is 18.7 Å². The zero-order valence-corrected chi connectivity index (χ0v) is 13.9. The predicted molar refractivity (Wildman–Crippen MR) is 92.0 cm³/mol. The third-order valence-corrected chi connectivity index (χ3v) is 4.54. The van der Waals surface area contributed by atoms with Crippen molar-refractivity contribution in [2.24, 2.45) is 0 Å². The molecule has 0 aliphatic carbocycles. The van der Waals surface area contributed by atoms with Crippen molar-refractivity contribution in [3.05, 3.63) is 59.7 Å². The van der Waals surface area contributed by atoms with Crippen LogP contribution in [0.5, 0.6) is 0 Å². The van der Waals surface area contributed by atoms with E-state index in [1.54, 1.807) is 18.2 Å². The lowest BCUT2D eigenvalue weighted by Crippen LogP contribution is -2.43. The quantitative estimate of drug-likeness (QED) is 0.591. The highest BCUT2D eigenvalue weighted by molar-refractivity contribution is 7.89. The minimum absolute atomic E-state index is 0.164. The van der Waals surface area contributed by atoms with Gasteiger partial charge in [0.15, 0.2) is 5.11 Å². The minimum atomic E-state index is -3.66. The summed E-state index contributed by atoms with van der Waals surface area (Å²) in [4.78, 5) is 2.42. The zero-order valence-electron chi connectivity index (χ0n) is 12.3. The maximum Gasteiger partial charge on any atom is 0.257 e. The maximum absolute atomic E-state index is 12.1. The molecule has 0 aliphatic heterocycles. The molecule has 2 aromatic rings. The van der Waals surface area contributed by atoms with E-state index in [-0.39, 0.29) is 10.0 Å². The van der Waals surface area contributed by atoms with Crippen LogP contribution in [0.3, 0.4) is 0 Å². The number of para-hydroxylation sites is 1. The zero-order chi connectivity index (χ0) is 16.2. The number of hydrogen-bond donors (Lipinski definition) is 3. The summed E-state index contributed by atoms with van der Waals surface area (Å²) in [5.74, 6) is 0. The molecule has 0 saturated carbocycles. The summed E-state index contributed by atoms with van der Waals surface area (Å²) in [6.45, 7) is 3.90. The first-order chi connectivity index (χ1) is 10.4. The van der Waals surface area contributed by atoms with Crippen molar-refractivity contribution in [2.75, 3.05) is 5.32 Å². The Bertz CT molecular complexity index is 754. The number of anilines is 1. The van der Waals surface area contributed by atoms with E-state index >= 15 is 0 Å². The summed E-state index contributed by atoms with van der Waals surface area (Å²) in [7, 11) is -3.66. The molecule has 0 saturated heterocycles. The fraction of sp³-hybridized carbons (Fsp3) is 0.133. The molecule has 0 spiro atoms. The van der Waals surface area contributed by atoms with Gasteiger partial charge in [-0.25, -0.2) is 8.42 Å². The Labute approximate surface area is 135 Å². The molecule has 0 radical (unpaired) electrons. The van der Waals surface area contributed by atoms with E-state index in [0.717, 1.165) is 16.8 Å². The highest BCUT2D eigenvalue weighted by atomic mass is 32.2. The molecular weight excluding hydrogens is 318 g/mol. The molecule has 7 heteroatoms. The minimum Gasteiger partial charge on any atom is -0.331 e. The summed E-state index contributed by atoms with van der Waals surface area (Å²) in [5, 5.41) is 3.17. The van der Waals surface area contributed by atoms with Crippen LogP contribution in [-0.4, -0.2) is 13.5 Å². The van der Waals surface area contributed by atoms with Crippen molar-refractivity contribution < 1.29 is 8.42 Å². The molecular formula is C15H17N3O2S2. The van der Waals surface area contributed by atoms with Crippen molar-refractivity contribution in [1.82, 2.24) is 10.3 Å². The van der Waals surface area contributed by atoms with E-state index in [9.17, 15) is 8.42 Å². The van der Waals surface area contributed by atoms with Gasteiger partial charge in [0, 0.05) is 5.69 Å². The number of sulfonamides is 1. The van der Waals surface area contributed by atoms with E-state index in [4.69, 9.17) is 12.2 Å². The molecule has 3 N–H and O–H groups in total. The highest BCUT2D eigenvalue weighted by Gasteiger charge is 2.13. The lowest BCUT2D eigenvalue weighted by molar-refractivity contribution is 0.578. The molecule has 5 nitrogen and oxygen atoms in total. The second-order valence-corrected chi connectivity index (χ2v) is 6.86. The summed E-state index contributed by atoms with van der Waals surface area (Å²) < 4.78 is 24.1. The molecule has 0 heterocycles. The molecule has 116 valence electrons. The van der Waals surface area contributed by atoms with Crippen LogP contribution in [0, 0.1) is 13.8 Å². The van der Waals surface area contributed by atoms with Crippen LogP contribution in [0.2, 0.25) is 0 Å². The van der Waals surface area contributed by atoms with Gasteiger partial charge in [-0.1, -0.05) is 36.4 Å². The van der Waals surface area contributed by atoms with Gasteiger partial charge in [-0.3, -0.25) is 5.43 Å². The van der Waals surface area contributed by atoms with Crippen molar-refractivity contribution >= 4 is 33.0 Å². The molecule has 22 heavy (non-hydrogen) atoms. The standard InChI is InChI=1S/C15H17N3O2S2/c1-11-7-6-8-12(2)14(11)16-15(21)17-18-22(19,20)13-9-4-3-5-10-13/h3-10,18H,1-2H3,(H2,16,17,21). The first-order valence-electron chi connectivity index (χ1n) is 6.60. The van der Waals surface area contributed by atoms with Gasteiger partial charge in [-0.2, -0.15) is 0 Å². The van der Waals surface area contributed by atoms with Crippen LogP contribution in [0.4, 0.5) is 5.69 Å². The Morgan fingerprint density at radius 1 is 0.955 bits per heavy atom. The second kappa shape index (κ2) is 6.87. The van der Waals surface area contributed by atoms with Gasteiger partial charge < -0.3 is 5.32 Å². The van der Waals surface area contributed by atoms with E-state index < -0.39 is 10.0 Å². The van der Waals surface area contributed by atoms with Crippen LogP contribution in [-0.2, 0) is 10.0 Å². The molecule has 0 aliphatic rings. The molecule has 0 atom stereocenters. The number of benzene rings is 2. The summed E-state index contributed by atoms with van der Waals surface area (Å²) in [6.07, 6.45) is 0. The molecule has 0 aromatic heterocycles. The summed E-state index contributed by atoms with van der Waals surface area (Å²) in [6, 6.07) is 13.9. The summed E-state index contributed by atoms with van der Waals surface area (Å²) in [5.41, 5.74) is 5.41. The molecule has 0 bridgehead atoms. The molecule has 0 fully saturated rings. The first kappa shape index (κ1) is 16.4. The number of rotatable bonds is 4. The van der Waals surface area contributed by atoms with Crippen molar-refractivity contribution in [3.63, 3.8) is 0 Å². The van der Waals surface area contributed by atoms with Gasteiger partial charge in [0.05, 0.1) is 4.90 Å². The number of aryl methyl sites for hydroxylation is 2. The average Bonchev–Trinajstić information content (AvgIpc) is 2.50. The van der Waals surface area contributed by atoms with Gasteiger partial charge in [0.2, 0.25) is 0 Å². The molecule has 2 rings (SSSR count). The largest absolute Gasteiger partial charge is 0.331 e. The number of nitrogens with one attached hydrogen (secondary N) is 3. The highest BCUT2D eigenvalue weighted by Crippen LogP contribution is 2.19. The topological polar surface area (TPSA) is 70.2 Å². The monoisotopic (exact) mass is 335 g/mol. The van der Waals surface area contributed by atoms with Crippen molar-refractivity contribution in [3.8, 4) is 0 Å². The Kier molecular flexibility index (Phi) is 5.12. The molecule has 0 unspecified atom stereocenters. The van der Waals surface area contributed by atoms with Crippen LogP contribution < -0.4 is 15.6 Å². The van der Waals surface area contributed by atoms with Crippen LogP contribution in [0.25, 0.3) is 0 Å². The lowest BCUT2D eigenvalue weighted by Gasteiger charge is -2.15. The van der Waals surface area contributed by atoms with E-state index in [1.807, 2.05) is 32.0 Å². The predicted octanol–water partition coefficient (Wildman–Crippen LogP) is 2.48. The van der Waals surface area contributed by atoms with Crippen molar-refractivity contribution in [1.29, 1.82) is 0 Å². The Morgan fingerprint density at radius 3 is 2.14 bits per heavy atom. The fourth-order valence-corrected chi connectivity index (χ4v) is 3.02. The van der Waals surface area contributed by atoms with E-state index in [1.165, 1.54) is 12.1 Å². The van der Waals surface area contributed by atoms with Gasteiger partial charge in [0.25, 0.3) is 10.0 Å². The van der Waals surface area contributed by atoms with Crippen LogP contribution >= 0.6 is 12.2 Å². The third-order valence-electron chi connectivity index (χ3n) is 3.07. The van der Waals surface area contributed by atoms with Crippen LogP contribution in [0.1, 0.15) is 11.1 Å². The fourth-order valence-electron chi connectivity index (χ4n) is 1.93. The SMILES string of the molecule is Cc1cccc(C)c1NC(=S)NNS(=O)(=O)c1ccccc1. The van der Waals surface area contributed by atoms with Gasteiger partial charge in [0.1, 0.15) is 0 Å². The Morgan fingerprint density at radius 2 is 1.55 bits per heavy atom. The Balaban J connectivity index is 2.02. The van der Waals surface area contributed by atoms with Gasteiger partial charge in [-0.15, -0.1) is 4.83 Å². The lowest BCUT2D eigenvalue weighted by atomic mass is 10.1. The maximum atomic E-state index is 12.1. The summed E-state index contributed by atoms with van der Waals surface area (Å²) >= 11 is 5.12.